The molecule has 0 aliphatic carbocycles. The molecule has 0 saturated heterocycles. The Morgan fingerprint density at radius 2 is 1.55 bits per heavy atom. The number of rotatable bonds is 4. The molecule has 0 fully saturated rings. The van der Waals surface area contributed by atoms with Crippen LogP contribution in [-0.4, -0.2) is 17.1 Å². The quantitative estimate of drug-likeness (QED) is 0.522. The first-order chi connectivity index (χ1) is 10.2. The molecule has 22 heavy (non-hydrogen) atoms. The lowest BCUT2D eigenvalue weighted by Gasteiger charge is -2.08. The molecule has 0 unspecified atom stereocenters. The van der Waals surface area contributed by atoms with E-state index in [1.54, 1.807) is 6.92 Å². The van der Waals surface area contributed by atoms with E-state index < -0.39 is 0 Å². The van der Waals surface area contributed by atoms with E-state index in [1.807, 2.05) is 24.3 Å². The van der Waals surface area contributed by atoms with Gasteiger partial charge in [0.2, 0.25) is 0 Å². The highest BCUT2D eigenvalue weighted by Gasteiger charge is 2.10. The number of nitrogens with zero attached hydrogens (tertiary/aromatic N) is 1. The van der Waals surface area contributed by atoms with E-state index in [4.69, 9.17) is 4.74 Å². The van der Waals surface area contributed by atoms with E-state index >= 15 is 0 Å². The maximum atomic E-state index is 11.5. The molecule has 0 N–H and O–H groups in total. The third-order valence-electron chi connectivity index (χ3n) is 3.58. The summed E-state index contributed by atoms with van der Waals surface area (Å²) in [5.74, 6) is -0.337. The van der Waals surface area contributed by atoms with Gasteiger partial charge in [-0.2, -0.15) is 0 Å². The first-order valence-electron chi connectivity index (χ1n) is 6.97. The van der Waals surface area contributed by atoms with E-state index in [9.17, 15) is 4.79 Å². The van der Waals surface area contributed by atoms with Gasteiger partial charge in [0.15, 0.2) is 0 Å². The van der Waals surface area contributed by atoms with Gasteiger partial charge in [-0.3, -0.25) is 0 Å². The number of benzene rings is 2. The van der Waals surface area contributed by atoms with Gasteiger partial charge in [-0.25, -0.2) is 4.79 Å². The van der Waals surface area contributed by atoms with Crippen LogP contribution in [0.1, 0.15) is 14.4 Å². The van der Waals surface area contributed by atoms with E-state index in [0.29, 0.717) is 18.7 Å². The molecule has 0 radical (unpaired) electrons. The summed E-state index contributed by atoms with van der Waals surface area (Å²) in [6.45, 7) is 6.22. The summed E-state index contributed by atoms with van der Waals surface area (Å²) < 4.78 is 7.41. The van der Waals surface area contributed by atoms with Crippen molar-refractivity contribution in [3.63, 3.8) is 0 Å². The van der Waals surface area contributed by atoms with Crippen molar-refractivity contribution in [1.29, 1.82) is 0 Å². The number of esters is 1. The van der Waals surface area contributed by atoms with Crippen LogP contribution in [0.2, 0.25) is 0 Å². The minimum Gasteiger partial charge on any atom is -0.460 e. The number of carbonyl (C=O) groups is 1. The number of para-hydroxylation sites is 2. The SMILES string of the molecule is C.C=C(C)C(=O)OCCn1c2ccccc2c2ccccc21. The molecular weight excluding hydrogens is 274 g/mol. The molecule has 114 valence electrons. The summed E-state index contributed by atoms with van der Waals surface area (Å²) in [6, 6.07) is 16.6. The lowest BCUT2D eigenvalue weighted by Crippen LogP contribution is -2.11. The Balaban J connectivity index is 0.00000176. The van der Waals surface area contributed by atoms with Gasteiger partial charge in [0.1, 0.15) is 6.61 Å². The molecule has 0 atom stereocenters. The van der Waals surface area contributed by atoms with Crippen LogP contribution in [0.3, 0.4) is 0 Å². The maximum absolute atomic E-state index is 11.5. The molecule has 0 amide bonds. The minimum atomic E-state index is -0.337. The fourth-order valence-corrected chi connectivity index (χ4v) is 2.60. The zero-order chi connectivity index (χ0) is 14.8. The third-order valence-corrected chi connectivity index (χ3v) is 3.58. The van der Waals surface area contributed by atoms with Crippen LogP contribution in [0.5, 0.6) is 0 Å². The number of fused-ring (bicyclic) bond motifs is 3. The van der Waals surface area contributed by atoms with Crippen molar-refractivity contribution in [2.75, 3.05) is 6.61 Å². The summed E-state index contributed by atoms with van der Waals surface area (Å²) >= 11 is 0. The summed E-state index contributed by atoms with van der Waals surface area (Å²) in [5, 5.41) is 2.44. The fourth-order valence-electron chi connectivity index (χ4n) is 2.60. The van der Waals surface area contributed by atoms with Gasteiger partial charge in [-0.1, -0.05) is 50.4 Å². The van der Waals surface area contributed by atoms with E-state index in [2.05, 4.69) is 35.4 Å². The predicted molar refractivity (Wildman–Crippen MR) is 91.9 cm³/mol. The molecule has 0 spiro atoms. The van der Waals surface area contributed by atoms with Gasteiger partial charge in [0.25, 0.3) is 0 Å². The van der Waals surface area contributed by atoms with Crippen molar-refractivity contribution < 1.29 is 9.53 Å². The van der Waals surface area contributed by atoms with Crippen molar-refractivity contribution in [2.24, 2.45) is 0 Å². The number of aromatic nitrogens is 1. The molecule has 1 heterocycles. The lowest BCUT2D eigenvalue weighted by molar-refractivity contribution is -0.139. The smallest absolute Gasteiger partial charge is 0.333 e. The standard InChI is InChI=1S/C18H17NO2.CH4/c1-13(2)18(20)21-12-11-19-16-9-5-3-7-14(16)15-8-4-6-10-17(15)19;/h3-10H,1,11-12H2,2H3;1H4. The summed E-state index contributed by atoms with van der Waals surface area (Å²) in [7, 11) is 0. The van der Waals surface area contributed by atoms with Gasteiger partial charge in [0.05, 0.1) is 6.54 Å². The number of ether oxygens (including phenoxy) is 1. The van der Waals surface area contributed by atoms with Crippen LogP contribution >= 0.6 is 0 Å². The van der Waals surface area contributed by atoms with Crippen molar-refractivity contribution in [3.05, 3.63) is 60.7 Å². The summed E-state index contributed by atoms with van der Waals surface area (Å²) in [5.41, 5.74) is 2.74. The molecule has 2 aromatic carbocycles. The Bertz CT molecular complexity index is 776. The van der Waals surface area contributed by atoms with Crippen molar-refractivity contribution in [2.45, 2.75) is 20.9 Å². The Hall–Kier alpha value is -2.55. The molecule has 3 rings (SSSR count). The van der Waals surface area contributed by atoms with Crippen LogP contribution < -0.4 is 0 Å². The summed E-state index contributed by atoms with van der Waals surface area (Å²) in [4.78, 5) is 11.5. The maximum Gasteiger partial charge on any atom is 0.333 e. The second kappa shape index (κ2) is 6.48. The molecule has 0 aliphatic rings. The van der Waals surface area contributed by atoms with Crippen molar-refractivity contribution in [3.8, 4) is 0 Å². The Morgan fingerprint density at radius 3 is 2.05 bits per heavy atom. The van der Waals surface area contributed by atoms with Gasteiger partial charge in [-0.05, 0) is 19.1 Å². The average Bonchev–Trinajstić information content (AvgIpc) is 2.82. The Labute approximate surface area is 130 Å². The van der Waals surface area contributed by atoms with Gasteiger partial charge >= 0.3 is 5.97 Å². The highest BCUT2D eigenvalue weighted by atomic mass is 16.5. The van der Waals surface area contributed by atoms with Crippen LogP contribution in [0, 0.1) is 0 Å². The molecule has 0 aliphatic heterocycles. The number of hydrogen-bond acceptors (Lipinski definition) is 2. The van der Waals surface area contributed by atoms with Crippen LogP contribution in [0.15, 0.2) is 60.7 Å². The van der Waals surface area contributed by atoms with E-state index in [0.717, 1.165) is 11.0 Å². The van der Waals surface area contributed by atoms with E-state index in [-0.39, 0.29) is 13.4 Å². The van der Waals surface area contributed by atoms with Gasteiger partial charge in [-0.15, -0.1) is 0 Å². The van der Waals surface area contributed by atoms with Crippen LogP contribution in [0.4, 0.5) is 0 Å². The second-order valence-corrected chi connectivity index (χ2v) is 5.10. The molecule has 1 aromatic heterocycles. The zero-order valence-corrected chi connectivity index (χ0v) is 12.0. The monoisotopic (exact) mass is 295 g/mol. The highest BCUT2D eigenvalue weighted by molar-refractivity contribution is 6.07. The first-order valence-corrected chi connectivity index (χ1v) is 6.97. The molecule has 0 saturated carbocycles. The van der Waals surface area contributed by atoms with Crippen LogP contribution in [-0.2, 0) is 16.1 Å². The second-order valence-electron chi connectivity index (χ2n) is 5.10. The average molecular weight is 295 g/mol. The van der Waals surface area contributed by atoms with Crippen molar-refractivity contribution in [1.82, 2.24) is 4.57 Å². The Kier molecular flexibility index (Phi) is 4.66. The molecular formula is C19H21NO2. The summed E-state index contributed by atoms with van der Waals surface area (Å²) in [6.07, 6.45) is 0. The zero-order valence-electron chi connectivity index (χ0n) is 12.0. The third kappa shape index (κ3) is 2.75. The number of hydrogen-bond donors (Lipinski definition) is 0. The highest BCUT2D eigenvalue weighted by Crippen LogP contribution is 2.28. The Morgan fingerprint density at radius 1 is 1.05 bits per heavy atom. The largest absolute Gasteiger partial charge is 0.460 e. The molecule has 3 heteroatoms. The topological polar surface area (TPSA) is 31.2 Å². The predicted octanol–water partition coefficient (Wildman–Crippen LogP) is 4.55. The molecule has 0 bridgehead atoms. The van der Waals surface area contributed by atoms with Gasteiger partial charge < -0.3 is 9.30 Å². The minimum absolute atomic E-state index is 0. The van der Waals surface area contributed by atoms with Crippen LogP contribution in [0.25, 0.3) is 21.8 Å². The fraction of sp³-hybridized carbons (Fsp3) is 0.211. The lowest BCUT2D eigenvalue weighted by atomic mass is 10.2. The normalized spacial score (nSPS) is 10.4. The van der Waals surface area contributed by atoms with E-state index in [1.165, 1.54) is 10.8 Å². The van der Waals surface area contributed by atoms with Crippen molar-refractivity contribution >= 4 is 27.8 Å². The van der Waals surface area contributed by atoms with Gasteiger partial charge in [0, 0.05) is 27.4 Å². The first kappa shape index (κ1) is 15.8. The number of carbonyl (C=O) groups excluding carboxylic acids is 1. The molecule has 3 aromatic rings. The molecule has 3 nitrogen and oxygen atoms in total.